The number of likely N-dealkylation sites (N-methyl/N-ethyl adjacent to an activating group) is 1. The van der Waals surface area contributed by atoms with Crippen molar-refractivity contribution in [1.82, 2.24) is 10.2 Å². The summed E-state index contributed by atoms with van der Waals surface area (Å²) < 4.78 is 5.28. The van der Waals surface area contributed by atoms with Crippen LogP contribution in [0.3, 0.4) is 0 Å². The first-order valence-corrected chi connectivity index (χ1v) is 6.78. The van der Waals surface area contributed by atoms with Crippen LogP contribution < -0.4 is 10.1 Å². The molecule has 0 saturated heterocycles. The van der Waals surface area contributed by atoms with E-state index in [1.54, 1.807) is 29.2 Å². The van der Waals surface area contributed by atoms with Gasteiger partial charge in [0.2, 0.25) is 5.91 Å². The third-order valence-electron chi connectivity index (χ3n) is 2.92. The maximum Gasteiger partial charge on any atom is 0.258 e. The molecule has 0 unspecified atom stereocenters. The monoisotopic (exact) mass is 289 g/mol. The van der Waals surface area contributed by atoms with Crippen molar-refractivity contribution >= 4 is 11.8 Å². The van der Waals surface area contributed by atoms with Crippen molar-refractivity contribution in [1.29, 1.82) is 5.26 Å². The van der Waals surface area contributed by atoms with Crippen LogP contribution in [-0.2, 0) is 9.59 Å². The third kappa shape index (κ3) is 5.15. The second-order valence-corrected chi connectivity index (χ2v) is 4.24. The molecule has 0 atom stereocenters. The Morgan fingerprint density at radius 1 is 1.29 bits per heavy atom. The number of amides is 2. The average Bonchev–Trinajstić information content (AvgIpc) is 2.52. The van der Waals surface area contributed by atoms with Crippen molar-refractivity contribution in [2.45, 2.75) is 13.8 Å². The van der Waals surface area contributed by atoms with Gasteiger partial charge in [0.05, 0.1) is 12.1 Å². The molecule has 0 radical (unpaired) electrons. The van der Waals surface area contributed by atoms with Crippen LogP contribution in [0.5, 0.6) is 5.75 Å². The van der Waals surface area contributed by atoms with Gasteiger partial charge < -0.3 is 15.0 Å². The molecule has 0 heterocycles. The van der Waals surface area contributed by atoms with Crippen molar-refractivity contribution in [2.75, 3.05) is 26.2 Å². The highest BCUT2D eigenvalue weighted by atomic mass is 16.5. The SMILES string of the molecule is CCN(CC)C(=O)CNC(=O)COc1ccccc1C#N. The second-order valence-electron chi connectivity index (χ2n) is 4.24. The highest BCUT2D eigenvalue weighted by Crippen LogP contribution is 2.15. The van der Waals surface area contributed by atoms with Gasteiger partial charge in [-0.15, -0.1) is 0 Å². The molecule has 2 amide bonds. The molecule has 0 fully saturated rings. The second kappa shape index (κ2) is 8.59. The Morgan fingerprint density at radius 2 is 1.95 bits per heavy atom. The van der Waals surface area contributed by atoms with Crippen LogP contribution in [0.2, 0.25) is 0 Å². The number of rotatable bonds is 7. The molecule has 1 rings (SSSR count). The van der Waals surface area contributed by atoms with Crippen molar-refractivity contribution < 1.29 is 14.3 Å². The molecular formula is C15H19N3O3. The number of nitrogens with zero attached hydrogens (tertiary/aromatic N) is 2. The number of carbonyl (C=O) groups excluding carboxylic acids is 2. The highest BCUT2D eigenvalue weighted by molar-refractivity contribution is 5.85. The molecule has 1 aromatic rings. The quantitative estimate of drug-likeness (QED) is 0.809. The van der Waals surface area contributed by atoms with E-state index in [2.05, 4.69) is 5.32 Å². The minimum Gasteiger partial charge on any atom is -0.482 e. The van der Waals surface area contributed by atoms with E-state index in [0.29, 0.717) is 24.4 Å². The van der Waals surface area contributed by atoms with Crippen LogP contribution in [0.15, 0.2) is 24.3 Å². The Morgan fingerprint density at radius 3 is 2.57 bits per heavy atom. The number of nitrogens with one attached hydrogen (secondary N) is 1. The summed E-state index contributed by atoms with van der Waals surface area (Å²) in [5, 5.41) is 11.4. The zero-order valence-corrected chi connectivity index (χ0v) is 12.3. The van der Waals surface area contributed by atoms with Crippen molar-refractivity contribution in [2.24, 2.45) is 0 Å². The Balaban J connectivity index is 2.41. The first kappa shape index (κ1) is 16.5. The number of para-hydroxylation sites is 1. The van der Waals surface area contributed by atoms with Gasteiger partial charge in [0.1, 0.15) is 11.8 Å². The van der Waals surface area contributed by atoms with Crippen molar-refractivity contribution in [3.8, 4) is 11.8 Å². The summed E-state index contributed by atoms with van der Waals surface area (Å²) in [4.78, 5) is 25.0. The topological polar surface area (TPSA) is 82.4 Å². The van der Waals surface area contributed by atoms with E-state index >= 15 is 0 Å². The number of hydrogen-bond donors (Lipinski definition) is 1. The van der Waals surface area contributed by atoms with Crippen LogP contribution in [-0.4, -0.2) is 43.0 Å². The standard InChI is InChI=1S/C15H19N3O3/c1-3-18(4-2)15(20)10-17-14(19)11-21-13-8-6-5-7-12(13)9-16/h5-8H,3-4,10-11H2,1-2H3,(H,17,19). The summed E-state index contributed by atoms with van der Waals surface area (Å²) in [5.41, 5.74) is 0.365. The number of carbonyl (C=O) groups is 2. The molecule has 21 heavy (non-hydrogen) atoms. The summed E-state index contributed by atoms with van der Waals surface area (Å²) in [6, 6.07) is 8.65. The zero-order valence-electron chi connectivity index (χ0n) is 12.3. The predicted octanol–water partition coefficient (Wildman–Crippen LogP) is 0.922. The molecule has 6 nitrogen and oxygen atoms in total. The maximum absolute atomic E-state index is 11.7. The molecule has 112 valence electrons. The van der Waals surface area contributed by atoms with Gasteiger partial charge in [-0.05, 0) is 26.0 Å². The lowest BCUT2D eigenvalue weighted by atomic mass is 10.2. The van der Waals surface area contributed by atoms with Crippen LogP contribution in [0.1, 0.15) is 19.4 Å². The number of ether oxygens (including phenoxy) is 1. The van der Waals surface area contributed by atoms with Gasteiger partial charge in [-0.3, -0.25) is 9.59 Å². The normalized spacial score (nSPS) is 9.57. The fourth-order valence-corrected chi connectivity index (χ4v) is 1.74. The fraction of sp³-hybridized carbons (Fsp3) is 0.400. The summed E-state index contributed by atoms with van der Waals surface area (Å²) in [6.45, 7) is 4.69. The molecule has 6 heteroatoms. The molecule has 0 aliphatic rings. The van der Waals surface area contributed by atoms with Crippen LogP contribution in [0.4, 0.5) is 0 Å². The summed E-state index contributed by atoms with van der Waals surface area (Å²) in [6.07, 6.45) is 0. The third-order valence-corrected chi connectivity index (χ3v) is 2.92. The van der Waals surface area contributed by atoms with Gasteiger partial charge in [-0.25, -0.2) is 0 Å². The van der Waals surface area contributed by atoms with E-state index in [9.17, 15) is 9.59 Å². The fourth-order valence-electron chi connectivity index (χ4n) is 1.74. The summed E-state index contributed by atoms with van der Waals surface area (Å²) >= 11 is 0. The van der Waals surface area contributed by atoms with Crippen molar-refractivity contribution in [3.05, 3.63) is 29.8 Å². The molecule has 0 aromatic heterocycles. The smallest absolute Gasteiger partial charge is 0.258 e. The summed E-state index contributed by atoms with van der Waals surface area (Å²) in [5.74, 6) is -0.181. The van der Waals surface area contributed by atoms with Gasteiger partial charge in [0, 0.05) is 13.1 Å². The van der Waals surface area contributed by atoms with E-state index in [1.165, 1.54) is 0 Å². The van der Waals surface area contributed by atoms with E-state index in [0.717, 1.165) is 0 Å². The van der Waals surface area contributed by atoms with Crippen LogP contribution in [0.25, 0.3) is 0 Å². The molecule has 0 saturated carbocycles. The van der Waals surface area contributed by atoms with Gasteiger partial charge >= 0.3 is 0 Å². The highest BCUT2D eigenvalue weighted by Gasteiger charge is 2.11. The molecule has 0 bridgehead atoms. The van der Waals surface area contributed by atoms with Crippen molar-refractivity contribution in [3.63, 3.8) is 0 Å². The average molecular weight is 289 g/mol. The maximum atomic E-state index is 11.7. The first-order valence-electron chi connectivity index (χ1n) is 6.78. The lowest BCUT2D eigenvalue weighted by Crippen LogP contribution is -2.41. The molecule has 0 aliphatic heterocycles. The lowest BCUT2D eigenvalue weighted by Gasteiger charge is -2.18. The number of nitriles is 1. The minimum atomic E-state index is -0.400. The number of hydrogen-bond acceptors (Lipinski definition) is 4. The zero-order chi connectivity index (χ0) is 15.7. The molecule has 1 N–H and O–H groups in total. The van der Waals surface area contributed by atoms with Crippen LogP contribution in [0, 0.1) is 11.3 Å². The Hall–Kier alpha value is -2.55. The molecule has 0 aliphatic carbocycles. The molecule has 0 spiro atoms. The number of benzene rings is 1. The Labute approximate surface area is 124 Å². The molecular weight excluding hydrogens is 270 g/mol. The largest absolute Gasteiger partial charge is 0.482 e. The first-order chi connectivity index (χ1) is 10.1. The minimum absolute atomic E-state index is 0.0518. The van der Waals surface area contributed by atoms with Gasteiger partial charge in [0.25, 0.3) is 5.91 Å². The van der Waals surface area contributed by atoms with Gasteiger partial charge in [-0.2, -0.15) is 5.26 Å². The van der Waals surface area contributed by atoms with E-state index < -0.39 is 5.91 Å². The lowest BCUT2D eigenvalue weighted by molar-refractivity contribution is -0.133. The Kier molecular flexibility index (Phi) is 6.75. The van der Waals surface area contributed by atoms with E-state index in [4.69, 9.17) is 10.00 Å². The van der Waals surface area contributed by atoms with Gasteiger partial charge in [0.15, 0.2) is 6.61 Å². The van der Waals surface area contributed by atoms with Gasteiger partial charge in [-0.1, -0.05) is 12.1 Å². The van der Waals surface area contributed by atoms with E-state index in [1.807, 2.05) is 19.9 Å². The Bertz CT molecular complexity index is 533. The van der Waals surface area contributed by atoms with Crippen LogP contribution >= 0.6 is 0 Å². The summed E-state index contributed by atoms with van der Waals surface area (Å²) in [7, 11) is 0. The molecule has 1 aromatic carbocycles. The predicted molar refractivity (Wildman–Crippen MR) is 77.6 cm³/mol. The van der Waals surface area contributed by atoms with E-state index in [-0.39, 0.29) is 19.1 Å².